The fraction of sp³-hybridized carbons (Fsp3) is 0.938. The van der Waals surface area contributed by atoms with Gasteiger partial charge in [-0.05, 0) is 49.5 Å². The second kappa shape index (κ2) is 10.6. The van der Waals surface area contributed by atoms with Crippen molar-refractivity contribution >= 4 is 23.8 Å². The Hall–Kier alpha value is -0.0913. The van der Waals surface area contributed by atoms with Crippen LogP contribution in [0.25, 0.3) is 0 Å². The number of rotatable bonds is 12. The smallest absolute Gasteiger partial charge is 0.436 e. The molecule has 0 aromatic carbocycles. The maximum absolute atomic E-state index is 9.19. The van der Waals surface area contributed by atoms with Crippen molar-refractivity contribution in [1.29, 1.82) is 5.26 Å². The Morgan fingerprint density at radius 2 is 1.14 bits per heavy atom. The van der Waals surface area contributed by atoms with Crippen molar-refractivity contribution < 1.29 is 8.69 Å². The van der Waals surface area contributed by atoms with Crippen LogP contribution in [0.15, 0.2) is 0 Å². The average Bonchev–Trinajstić information content (AvgIpc) is 2.57. The highest BCUT2D eigenvalue weighted by molar-refractivity contribution is 6.83. The van der Waals surface area contributed by atoms with Gasteiger partial charge in [-0.3, -0.25) is 0 Å². The van der Waals surface area contributed by atoms with Crippen LogP contribution in [0.3, 0.4) is 0 Å². The molecule has 0 heterocycles. The third-order valence-corrected chi connectivity index (χ3v) is 14.7. The molecule has 3 nitrogen and oxygen atoms in total. The Labute approximate surface area is 141 Å². The number of nitrogens with zero attached hydrogens (tertiary/aromatic N) is 1. The predicted octanol–water partition coefficient (Wildman–Crippen LogP) is 5.68. The number of hydrogen-bond donors (Lipinski definition) is 0. The standard InChI is InChI=1S/C16H36BNO2Si2/c1-8-21(9-2,10-3)19-17(14-16(7)15-18)20-22(11-4,12-5)13-6/h16H,8-14H2,1-7H3. The summed E-state index contributed by atoms with van der Waals surface area (Å²) in [5.41, 5.74) is 0. The van der Waals surface area contributed by atoms with Crippen molar-refractivity contribution in [2.24, 2.45) is 5.92 Å². The first-order chi connectivity index (χ1) is 10.4. The van der Waals surface area contributed by atoms with Gasteiger partial charge in [-0.2, -0.15) is 5.26 Å². The molecule has 0 saturated heterocycles. The molecule has 0 aliphatic rings. The maximum Gasteiger partial charge on any atom is 0.436 e. The van der Waals surface area contributed by atoms with Crippen molar-refractivity contribution in [3.63, 3.8) is 0 Å². The molecular weight excluding hydrogens is 305 g/mol. The minimum Gasteiger partial charge on any atom is -0.453 e. The molecule has 0 spiro atoms. The van der Waals surface area contributed by atoms with Crippen LogP contribution in [-0.4, -0.2) is 23.8 Å². The van der Waals surface area contributed by atoms with Crippen LogP contribution >= 0.6 is 0 Å². The molecule has 128 valence electrons. The summed E-state index contributed by atoms with van der Waals surface area (Å²) < 4.78 is 13.2. The molecule has 1 atom stereocenters. The van der Waals surface area contributed by atoms with Gasteiger partial charge in [-0.25, -0.2) is 0 Å². The highest BCUT2D eigenvalue weighted by Gasteiger charge is 2.40. The van der Waals surface area contributed by atoms with Crippen LogP contribution in [0.5, 0.6) is 0 Å². The van der Waals surface area contributed by atoms with Gasteiger partial charge in [0.05, 0.1) is 6.07 Å². The second-order valence-electron chi connectivity index (χ2n) is 6.42. The molecule has 1 unspecified atom stereocenters. The Morgan fingerprint density at radius 3 is 1.36 bits per heavy atom. The second-order valence-corrected chi connectivity index (χ2v) is 15.9. The summed E-state index contributed by atoms with van der Waals surface area (Å²) in [6, 6.07) is 9.09. The highest BCUT2D eigenvalue weighted by Crippen LogP contribution is 2.29. The predicted molar refractivity (Wildman–Crippen MR) is 102 cm³/mol. The third kappa shape index (κ3) is 6.19. The summed E-state index contributed by atoms with van der Waals surface area (Å²) >= 11 is 0. The Bertz CT molecular complexity index is 303. The van der Waals surface area contributed by atoms with E-state index in [2.05, 4.69) is 47.6 Å². The summed E-state index contributed by atoms with van der Waals surface area (Å²) in [4.78, 5) is 0. The third-order valence-electron chi connectivity index (χ3n) is 5.40. The minimum atomic E-state index is -1.71. The molecule has 6 heteroatoms. The van der Waals surface area contributed by atoms with Crippen molar-refractivity contribution in [3.05, 3.63) is 0 Å². The van der Waals surface area contributed by atoms with Crippen LogP contribution in [0, 0.1) is 17.2 Å². The fourth-order valence-electron chi connectivity index (χ4n) is 3.02. The van der Waals surface area contributed by atoms with E-state index in [1.165, 1.54) is 0 Å². The van der Waals surface area contributed by atoms with Crippen LogP contribution in [-0.2, 0) is 8.69 Å². The molecule has 0 fully saturated rings. The monoisotopic (exact) mass is 341 g/mol. The lowest BCUT2D eigenvalue weighted by Crippen LogP contribution is -2.49. The highest BCUT2D eigenvalue weighted by atomic mass is 28.4. The summed E-state index contributed by atoms with van der Waals surface area (Å²) in [7, 11) is -3.59. The minimum absolute atomic E-state index is 0.0143. The van der Waals surface area contributed by atoms with Crippen LogP contribution < -0.4 is 0 Å². The van der Waals surface area contributed by atoms with Crippen LogP contribution in [0.2, 0.25) is 42.6 Å². The zero-order valence-electron chi connectivity index (χ0n) is 15.9. The summed E-state index contributed by atoms with van der Waals surface area (Å²) in [5.74, 6) is -0.0143. The molecular formula is C16H36BNO2Si2. The van der Waals surface area contributed by atoms with Crippen LogP contribution in [0.4, 0.5) is 0 Å². The van der Waals surface area contributed by atoms with Gasteiger partial charge >= 0.3 is 7.12 Å². The molecule has 0 aliphatic heterocycles. The van der Waals surface area contributed by atoms with Crippen molar-refractivity contribution in [3.8, 4) is 6.07 Å². The van der Waals surface area contributed by atoms with Gasteiger partial charge in [-0.15, -0.1) is 0 Å². The van der Waals surface area contributed by atoms with E-state index in [1.54, 1.807) is 0 Å². The molecule has 0 bridgehead atoms. The van der Waals surface area contributed by atoms with Gasteiger partial charge in [-0.1, -0.05) is 41.5 Å². The zero-order chi connectivity index (χ0) is 17.2. The summed E-state index contributed by atoms with van der Waals surface area (Å²) in [6.45, 7) is 15.4. The maximum atomic E-state index is 9.19. The first-order valence-corrected chi connectivity index (χ1v) is 14.2. The van der Waals surface area contributed by atoms with Crippen LogP contribution in [0.1, 0.15) is 48.5 Å². The first kappa shape index (κ1) is 21.9. The summed E-state index contributed by atoms with van der Waals surface area (Å²) in [6.07, 6.45) is 0.708. The van der Waals surface area contributed by atoms with E-state index in [0.717, 1.165) is 36.3 Å². The number of hydrogen-bond acceptors (Lipinski definition) is 3. The quantitative estimate of drug-likeness (QED) is 0.429. The molecule has 22 heavy (non-hydrogen) atoms. The molecule has 0 amide bonds. The van der Waals surface area contributed by atoms with Gasteiger partial charge in [0.1, 0.15) is 0 Å². The van der Waals surface area contributed by atoms with E-state index in [4.69, 9.17) is 8.69 Å². The van der Waals surface area contributed by atoms with E-state index in [0.29, 0.717) is 6.32 Å². The normalized spacial score (nSPS) is 13.7. The Morgan fingerprint density at radius 1 is 0.818 bits per heavy atom. The van der Waals surface area contributed by atoms with Gasteiger partial charge in [0.2, 0.25) is 0 Å². The number of nitriles is 1. The Kier molecular flexibility index (Phi) is 10.6. The Balaban J connectivity index is 5.24. The molecule has 0 radical (unpaired) electrons. The van der Waals surface area contributed by atoms with Gasteiger partial charge < -0.3 is 8.69 Å². The summed E-state index contributed by atoms with van der Waals surface area (Å²) in [5, 5.41) is 9.19. The first-order valence-electron chi connectivity index (χ1n) is 9.15. The molecule has 0 rings (SSSR count). The lowest BCUT2D eigenvalue weighted by Gasteiger charge is -2.37. The zero-order valence-corrected chi connectivity index (χ0v) is 17.9. The molecule has 0 aromatic heterocycles. The van der Waals surface area contributed by atoms with E-state index < -0.39 is 16.6 Å². The molecule has 0 aromatic rings. The van der Waals surface area contributed by atoms with Gasteiger partial charge in [0.25, 0.3) is 0 Å². The van der Waals surface area contributed by atoms with E-state index in [1.807, 2.05) is 6.92 Å². The average molecular weight is 341 g/mol. The SMILES string of the molecule is CC[Si](CC)(CC)OB(CC(C)C#N)O[Si](CC)(CC)CC. The van der Waals surface area contributed by atoms with Crippen molar-refractivity contribution in [2.45, 2.75) is 91.1 Å². The van der Waals surface area contributed by atoms with E-state index >= 15 is 0 Å². The van der Waals surface area contributed by atoms with Crippen molar-refractivity contribution in [1.82, 2.24) is 0 Å². The van der Waals surface area contributed by atoms with Crippen molar-refractivity contribution in [2.75, 3.05) is 0 Å². The fourth-order valence-corrected chi connectivity index (χ4v) is 8.52. The molecule has 0 saturated carbocycles. The largest absolute Gasteiger partial charge is 0.453 e. The lowest BCUT2D eigenvalue weighted by molar-refractivity contribution is 0.392. The van der Waals surface area contributed by atoms with E-state index in [9.17, 15) is 5.26 Å². The topological polar surface area (TPSA) is 42.2 Å². The molecule has 0 N–H and O–H groups in total. The lowest BCUT2D eigenvalue weighted by atomic mass is 9.80. The van der Waals surface area contributed by atoms with E-state index in [-0.39, 0.29) is 13.0 Å². The molecule has 0 aliphatic carbocycles. The van der Waals surface area contributed by atoms with Gasteiger partial charge in [0, 0.05) is 5.92 Å². The van der Waals surface area contributed by atoms with Gasteiger partial charge in [0.15, 0.2) is 16.6 Å².